The van der Waals surface area contributed by atoms with Crippen molar-refractivity contribution in [2.45, 2.75) is 0 Å². The third kappa shape index (κ3) is 5.44. The largest absolute Gasteiger partial charge is 0.456 e. The molecule has 0 unspecified atom stereocenters. The van der Waals surface area contributed by atoms with Crippen LogP contribution in [0.3, 0.4) is 0 Å². The molecule has 276 valence electrons. The van der Waals surface area contributed by atoms with E-state index in [1.54, 1.807) is 0 Å². The van der Waals surface area contributed by atoms with Gasteiger partial charge in [0, 0.05) is 32.8 Å². The van der Waals surface area contributed by atoms with E-state index in [4.69, 9.17) is 8.83 Å². The molecule has 0 spiro atoms. The van der Waals surface area contributed by atoms with Crippen LogP contribution in [-0.2, 0) is 0 Å². The van der Waals surface area contributed by atoms with Crippen LogP contribution >= 0.6 is 0 Å². The van der Waals surface area contributed by atoms with E-state index in [2.05, 4.69) is 205 Å². The Morgan fingerprint density at radius 3 is 1.69 bits per heavy atom. The highest BCUT2D eigenvalue weighted by Crippen LogP contribution is 2.48. The number of para-hydroxylation sites is 2. The lowest BCUT2D eigenvalue weighted by atomic mass is 9.96. The monoisotopic (exact) mass is 753 g/mol. The van der Waals surface area contributed by atoms with Gasteiger partial charge in [0.2, 0.25) is 0 Å². The first-order valence-corrected chi connectivity index (χ1v) is 20.1. The van der Waals surface area contributed by atoms with Gasteiger partial charge < -0.3 is 13.7 Å². The number of furan rings is 2. The van der Waals surface area contributed by atoms with E-state index in [1.807, 2.05) is 12.1 Å². The molecule has 0 saturated heterocycles. The van der Waals surface area contributed by atoms with Crippen molar-refractivity contribution in [3.63, 3.8) is 0 Å². The van der Waals surface area contributed by atoms with Crippen LogP contribution in [0.1, 0.15) is 0 Å². The maximum atomic E-state index is 6.74. The van der Waals surface area contributed by atoms with Crippen LogP contribution in [0.4, 0.5) is 17.1 Å². The van der Waals surface area contributed by atoms with Gasteiger partial charge in [0.15, 0.2) is 0 Å². The Bertz CT molecular complexity index is 3550. The van der Waals surface area contributed by atoms with Crippen molar-refractivity contribution >= 4 is 82.5 Å². The van der Waals surface area contributed by atoms with Crippen LogP contribution in [0.2, 0.25) is 0 Å². The third-order valence-electron chi connectivity index (χ3n) is 11.9. The summed E-state index contributed by atoms with van der Waals surface area (Å²) in [6.07, 6.45) is 0. The van der Waals surface area contributed by atoms with Gasteiger partial charge in [-0.25, -0.2) is 0 Å². The van der Waals surface area contributed by atoms with E-state index in [0.29, 0.717) is 0 Å². The zero-order chi connectivity index (χ0) is 38.9. The average Bonchev–Trinajstić information content (AvgIpc) is 3.89. The van der Waals surface area contributed by atoms with E-state index in [-0.39, 0.29) is 0 Å². The summed E-state index contributed by atoms with van der Waals surface area (Å²) < 4.78 is 13.1. The quantitative estimate of drug-likeness (QED) is 0.169. The van der Waals surface area contributed by atoms with Crippen molar-refractivity contribution in [3.05, 3.63) is 212 Å². The van der Waals surface area contributed by atoms with Gasteiger partial charge in [-0.2, -0.15) is 0 Å². The summed E-state index contributed by atoms with van der Waals surface area (Å²) in [6, 6.07) is 75.7. The zero-order valence-corrected chi connectivity index (χ0v) is 32.0. The topological polar surface area (TPSA) is 29.5 Å². The third-order valence-corrected chi connectivity index (χ3v) is 11.9. The normalized spacial score (nSPS) is 11.7. The first kappa shape index (κ1) is 33.3. The zero-order valence-electron chi connectivity index (χ0n) is 32.0. The van der Waals surface area contributed by atoms with Gasteiger partial charge in [0.05, 0.1) is 16.8 Å². The van der Waals surface area contributed by atoms with Crippen molar-refractivity contribution in [2.75, 3.05) is 4.90 Å². The Balaban J connectivity index is 1.03. The summed E-state index contributed by atoms with van der Waals surface area (Å²) >= 11 is 0. The summed E-state index contributed by atoms with van der Waals surface area (Å²) in [5.41, 5.74) is 13.6. The van der Waals surface area contributed by atoms with E-state index < -0.39 is 0 Å². The molecule has 2 heterocycles. The summed E-state index contributed by atoms with van der Waals surface area (Å²) in [5.74, 6) is 0. The lowest BCUT2D eigenvalue weighted by Crippen LogP contribution is -2.11. The SMILES string of the molecule is c1ccc(N(c2ccc(-c3ccc(-c4ccc5ccccc5c4)cc3)cc2)c2cccc3oc4c5ccccc5ccc4c23)c(-c2cccc3oc4ccccc4c23)c1. The smallest absolute Gasteiger partial charge is 0.143 e. The molecule has 59 heavy (non-hydrogen) atoms. The first-order valence-electron chi connectivity index (χ1n) is 20.1. The number of nitrogens with zero attached hydrogens (tertiary/aromatic N) is 1. The van der Waals surface area contributed by atoms with Crippen LogP contribution in [0.5, 0.6) is 0 Å². The number of anilines is 3. The Hall–Kier alpha value is -7.88. The van der Waals surface area contributed by atoms with Crippen molar-refractivity contribution in [2.24, 2.45) is 0 Å². The van der Waals surface area contributed by atoms with Crippen LogP contribution in [0.25, 0.3) is 98.8 Å². The van der Waals surface area contributed by atoms with Crippen molar-refractivity contribution in [1.82, 2.24) is 0 Å². The van der Waals surface area contributed by atoms with Crippen LogP contribution in [-0.4, -0.2) is 0 Å². The van der Waals surface area contributed by atoms with Gasteiger partial charge in [0.1, 0.15) is 22.3 Å². The number of fused-ring (bicyclic) bond motifs is 9. The molecule has 0 atom stereocenters. The Morgan fingerprint density at radius 1 is 0.305 bits per heavy atom. The van der Waals surface area contributed by atoms with Gasteiger partial charge in [-0.15, -0.1) is 0 Å². The number of hydrogen-bond acceptors (Lipinski definition) is 3. The second kappa shape index (κ2) is 13.4. The van der Waals surface area contributed by atoms with Gasteiger partial charge in [-0.05, 0) is 98.6 Å². The average molecular weight is 754 g/mol. The highest BCUT2D eigenvalue weighted by molar-refractivity contribution is 6.20. The highest BCUT2D eigenvalue weighted by Gasteiger charge is 2.24. The van der Waals surface area contributed by atoms with Crippen LogP contribution in [0.15, 0.2) is 221 Å². The van der Waals surface area contributed by atoms with Crippen LogP contribution in [0, 0.1) is 0 Å². The molecule has 0 N–H and O–H groups in total. The summed E-state index contributed by atoms with van der Waals surface area (Å²) in [6.45, 7) is 0. The molecule has 0 aliphatic heterocycles. The lowest BCUT2D eigenvalue weighted by molar-refractivity contribution is 0.669. The molecule has 0 fully saturated rings. The van der Waals surface area contributed by atoms with Gasteiger partial charge in [-0.1, -0.05) is 158 Å². The van der Waals surface area contributed by atoms with E-state index in [9.17, 15) is 0 Å². The van der Waals surface area contributed by atoms with E-state index in [1.165, 1.54) is 27.5 Å². The number of benzene rings is 10. The Kier molecular flexibility index (Phi) is 7.54. The Labute approximate surface area is 340 Å². The second-order valence-corrected chi connectivity index (χ2v) is 15.2. The molecule has 10 aromatic carbocycles. The maximum absolute atomic E-state index is 6.74. The predicted molar refractivity (Wildman–Crippen MR) is 247 cm³/mol. The van der Waals surface area contributed by atoms with E-state index in [0.717, 1.165) is 88.4 Å². The maximum Gasteiger partial charge on any atom is 0.143 e. The fourth-order valence-electron chi connectivity index (χ4n) is 9.05. The Morgan fingerprint density at radius 2 is 0.864 bits per heavy atom. The molecular weight excluding hydrogens is 719 g/mol. The molecule has 12 rings (SSSR count). The minimum Gasteiger partial charge on any atom is -0.456 e. The first-order chi connectivity index (χ1) is 29.2. The molecule has 0 aliphatic carbocycles. The summed E-state index contributed by atoms with van der Waals surface area (Å²) in [4.78, 5) is 2.40. The van der Waals surface area contributed by atoms with Crippen LogP contribution < -0.4 is 4.90 Å². The molecule has 2 aromatic heterocycles. The molecule has 0 amide bonds. The molecule has 0 radical (unpaired) electrons. The van der Waals surface area contributed by atoms with Gasteiger partial charge in [0.25, 0.3) is 0 Å². The van der Waals surface area contributed by atoms with Gasteiger partial charge in [-0.3, -0.25) is 0 Å². The summed E-state index contributed by atoms with van der Waals surface area (Å²) in [7, 11) is 0. The highest BCUT2D eigenvalue weighted by atomic mass is 16.3. The summed E-state index contributed by atoms with van der Waals surface area (Å²) in [5, 5.41) is 9.13. The molecule has 3 heteroatoms. The van der Waals surface area contributed by atoms with E-state index >= 15 is 0 Å². The van der Waals surface area contributed by atoms with Gasteiger partial charge >= 0.3 is 0 Å². The second-order valence-electron chi connectivity index (χ2n) is 15.2. The molecule has 12 aromatic rings. The number of hydrogen-bond donors (Lipinski definition) is 0. The fourth-order valence-corrected chi connectivity index (χ4v) is 9.05. The standard InChI is InChI=1S/C56H35NO2/c1-2-13-41-35-42(28-27-36(41)11-1)39-25-23-37(24-26-39)38-29-32-43(33-30-38)57(50-19-10-22-53-55(50)48-34-31-40-12-3-4-14-44(40)56(48)59-53)49-18-7-5-15-45(49)46-17-9-21-52-54(46)47-16-6-8-20-51(47)58-52/h1-35H. The molecule has 3 nitrogen and oxygen atoms in total. The lowest BCUT2D eigenvalue weighted by Gasteiger charge is -2.29. The predicted octanol–water partition coefficient (Wildman–Crippen LogP) is 16.3. The molecule has 0 bridgehead atoms. The van der Waals surface area contributed by atoms with Crippen molar-refractivity contribution in [3.8, 4) is 33.4 Å². The minimum atomic E-state index is 0.849. The fraction of sp³-hybridized carbons (Fsp3) is 0. The number of rotatable bonds is 6. The van der Waals surface area contributed by atoms with Crippen molar-refractivity contribution in [1.29, 1.82) is 0 Å². The molecular formula is C56H35NO2. The molecule has 0 saturated carbocycles. The molecule has 0 aliphatic rings. The minimum absolute atomic E-state index is 0.849. The van der Waals surface area contributed by atoms with Crippen molar-refractivity contribution < 1.29 is 8.83 Å².